The summed E-state index contributed by atoms with van der Waals surface area (Å²) >= 11 is 0. The Hall–Kier alpha value is -4.75. The predicted octanol–water partition coefficient (Wildman–Crippen LogP) is 4.45. The Labute approximate surface area is 249 Å². The summed E-state index contributed by atoms with van der Waals surface area (Å²) in [4.78, 5) is 58.1. The summed E-state index contributed by atoms with van der Waals surface area (Å²) < 4.78 is 41.2. The molecule has 0 bridgehead atoms. The molecule has 14 heteroatoms. The van der Waals surface area contributed by atoms with Gasteiger partial charge in [-0.25, -0.2) is 15.0 Å². The molecule has 2 amide bonds. The fraction of sp³-hybridized carbons (Fsp3) is 0.400. The number of rotatable bonds is 6. The lowest BCUT2D eigenvalue weighted by atomic mass is 10.0. The van der Waals surface area contributed by atoms with E-state index >= 15 is 0 Å². The molecule has 228 valence electrons. The number of hydrogen-bond donors (Lipinski definition) is 1. The monoisotopic (exact) mass is 606 g/mol. The van der Waals surface area contributed by atoms with Crippen LogP contribution in [0.1, 0.15) is 60.0 Å². The first-order valence-corrected chi connectivity index (χ1v) is 14.0. The lowest BCUT2D eigenvalue weighted by Crippen LogP contribution is -2.47. The van der Waals surface area contributed by atoms with Gasteiger partial charge in [-0.15, -0.1) is 0 Å². The number of ketones is 1. The van der Waals surface area contributed by atoms with Crippen molar-refractivity contribution >= 4 is 34.3 Å². The number of amides is 2. The number of likely N-dealkylation sites (tertiary alicyclic amines) is 1. The zero-order chi connectivity index (χ0) is 31.7. The van der Waals surface area contributed by atoms with E-state index in [0.717, 1.165) is 6.07 Å². The summed E-state index contributed by atoms with van der Waals surface area (Å²) in [5.41, 5.74) is 1.36. The molecular formula is C30H29F3N8O3. The minimum absolute atomic E-state index is 0.172. The number of pyridine rings is 2. The Morgan fingerprint density at radius 1 is 1.07 bits per heavy atom. The third-order valence-electron chi connectivity index (χ3n) is 8.45. The summed E-state index contributed by atoms with van der Waals surface area (Å²) in [7, 11) is 0. The summed E-state index contributed by atoms with van der Waals surface area (Å²) in [6.07, 6.45) is -0.346. The van der Waals surface area contributed by atoms with Crippen LogP contribution in [0, 0.1) is 26.2 Å². The first-order chi connectivity index (χ1) is 20.7. The van der Waals surface area contributed by atoms with E-state index in [1.54, 1.807) is 39.2 Å². The number of carbonyl (C=O) groups is 3. The molecule has 4 aromatic rings. The van der Waals surface area contributed by atoms with Crippen LogP contribution in [0.3, 0.4) is 0 Å². The van der Waals surface area contributed by atoms with Gasteiger partial charge in [0.15, 0.2) is 5.78 Å². The molecule has 0 aromatic carbocycles. The second kappa shape index (κ2) is 10.2. The number of aromatic nitrogens is 6. The van der Waals surface area contributed by atoms with Crippen molar-refractivity contribution in [1.29, 1.82) is 0 Å². The van der Waals surface area contributed by atoms with Crippen LogP contribution in [0.4, 0.5) is 19.0 Å². The smallest absolute Gasteiger partial charge is 0.325 e. The Morgan fingerprint density at radius 2 is 1.77 bits per heavy atom. The molecule has 5 heterocycles. The maximum Gasteiger partial charge on any atom is 0.433 e. The van der Waals surface area contributed by atoms with Gasteiger partial charge < -0.3 is 10.2 Å². The van der Waals surface area contributed by atoms with E-state index in [4.69, 9.17) is 0 Å². The molecule has 4 aromatic heterocycles. The number of nitrogens with zero attached hydrogens (tertiary/aromatic N) is 7. The highest BCUT2D eigenvalue weighted by atomic mass is 19.4. The van der Waals surface area contributed by atoms with Gasteiger partial charge in [-0.1, -0.05) is 13.0 Å². The van der Waals surface area contributed by atoms with Crippen LogP contribution in [0.15, 0.2) is 30.6 Å². The van der Waals surface area contributed by atoms with Crippen molar-refractivity contribution in [3.8, 4) is 11.3 Å². The van der Waals surface area contributed by atoms with Crippen LogP contribution < -0.4 is 5.32 Å². The van der Waals surface area contributed by atoms with Crippen molar-refractivity contribution in [3.63, 3.8) is 0 Å². The molecule has 0 unspecified atom stereocenters. The highest BCUT2D eigenvalue weighted by Crippen LogP contribution is 2.59. The maximum absolute atomic E-state index is 13.9. The number of carbonyl (C=O) groups excluding carboxylic acids is 3. The summed E-state index contributed by atoms with van der Waals surface area (Å²) in [5, 5.41) is 7.52. The van der Waals surface area contributed by atoms with Crippen molar-refractivity contribution in [2.24, 2.45) is 5.41 Å². The van der Waals surface area contributed by atoms with Gasteiger partial charge in [-0.05, 0) is 56.7 Å². The van der Waals surface area contributed by atoms with E-state index in [1.165, 1.54) is 22.6 Å². The maximum atomic E-state index is 13.9. The molecule has 0 spiro atoms. The molecule has 6 rings (SSSR count). The van der Waals surface area contributed by atoms with Gasteiger partial charge in [0.2, 0.25) is 11.8 Å². The van der Waals surface area contributed by atoms with Gasteiger partial charge in [0.25, 0.3) is 0 Å². The quantitative estimate of drug-likeness (QED) is 0.318. The minimum atomic E-state index is -4.68. The van der Waals surface area contributed by atoms with Gasteiger partial charge in [0.1, 0.15) is 35.6 Å². The topological polar surface area (TPSA) is 136 Å². The van der Waals surface area contributed by atoms with Gasteiger partial charge in [0, 0.05) is 36.3 Å². The van der Waals surface area contributed by atoms with Crippen LogP contribution in [0.25, 0.3) is 22.2 Å². The number of fused-ring (bicyclic) bond motifs is 2. The van der Waals surface area contributed by atoms with Gasteiger partial charge in [-0.2, -0.15) is 18.3 Å². The van der Waals surface area contributed by atoms with E-state index in [2.05, 4.69) is 30.4 Å². The molecule has 1 N–H and O–H groups in total. The van der Waals surface area contributed by atoms with E-state index < -0.39 is 29.7 Å². The lowest BCUT2D eigenvalue weighted by Gasteiger charge is -2.27. The van der Waals surface area contributed by atoms with Crippen LogP contribution in [-0.2, 0) is 22.3 Å². The van der Waals surface area contributed by atoms with E-state index in [-0.39, 0.29) is 35.3 Å². The lowest BCUT2D eigenvalue weighted by molar-refractivity contribution is -0.141. The largest absolute Gasteiger partial charge is 0.433 e. The predicted molar refractivity (Wildman–Crippen MR) is 152 cm³/mol. The first-order valence-electron chi connectivity index (χ1n) is 14.0. The second-order valence-electron chi connectivity index (χ2n) is 11.8. The first kappa shape index (κ1) is 29.3. The van der Waals surface area contributed by atoms with Gasteiger partial charge in [0.05, 0.1) is 16.9 Å². The molecule has 2 aliphatic rings. The molecule has 44 heavy (non-hydrogen) atoms. The highest BCUT2D eigenvalue weighted by molar-refractivity contribution is 6.06. The summed E-state index contributed by atoms with van der Waals surface area (Å²) in [5.74, 6) is -0.915. The number of halogens is 3. The molecule has 1 aliphatic heterocycles. The average Bonchev–Trinajstić information content (AvgIpc) is 3.30. The van der Waals surface area contributed by atoms with Crippen molar-refractivity contribution in [1.82, 2.24) is 34.6 Å². The van der Waals surface area contributed by atoms with Crippen molar-refractivity contribution in [2.75, 3.05) is 5.32 Å². The highest BCUT2D eigenvalue weighted by Gasteiger charge is 2.64. The SMILES string of the molecule is CC(=O)c1nn(CC(=O)N2[C@H](C(=O)Nc3nc(C(F)(F)F)ccc3C)C[C@@]3(C)C[C@@H]23)c2c(C)nc(-c3cnc(C)nc3)cc12. The standard InChI is InChI=1S/C30H29F3N8O3/c1-14-6-7-22(30(31,32)33)37-27(14)38-28(44)21-9-29(5)10-23(29)41(21)24(43)13-40-26-15(2)36-20(18-11-34-17(4)35-12-18)8-19(26)25(39-40)16(3)42/h6-8,11-12,21,23H,9-10,13H2,1-5H3,(H,37,38,44)/t21-,23+,29-/m0/s1. The average molecular weight is 607 g/mol. The second-order valence-corrected chi connectivity index (χ2v) is 11.8. The van der Waals surface area contributed by atoms with Crippen LogP contribution in [0.2, 0.25) is 0 Å². The van der Waals surface area contributed by atoms with Crippen LogP contribution >= 0.6 is 0 Å². The number of hydrogen-bond acceptors (Lipinski definition) is 8. The third kappa shape index (κ3) is 5.07. The van der Waals surface area contributed by atoms with Crippen molar-refractivity contribution in [2.45, 2.75) is 72.3 Å². The van der Waals surface area contributed by atoms with Crippen LogP contribution in [-0.4, -0.2) is 64.3 Å². The molecule has 3 atom stereocenters. The molecule has 1 saturated carbocycles. The fourth-order valence-electron chi connectivity index (χ4n) is 6.03. The van der Waals surface area contributed by atoms with Crippen molar-refractivity contribution < 1.29 is 27.6 Å². The molecule has 1 aliphatic carbocycles. The molecular weight excluding hydrogens is 577 g/mol. The number of Topliss-reactive ketones (excluding diaryl/α,β-unsaturated/α-hetero) is 1. The Balaban J connectivity index is 1.30. The molecule has 2 fully saturated rings. The Kier molecular flexibility index (Phi) is 6.78. The van der Waals surface area contributed by atoms with E-state index in [9.17, 15) is 27.6 Å². The fourth-order valence-corrected chi connectivity index (χ4v) is 6.03. The van der Waals surface area contributed by atoms with Crippen LogP contribution in [0.5, 0.6) is 0 Å². The third-order valence-corrected chi connectivity index (χ3v) is 8.45. The zero-order valence-corrected chi connectivity index (χ0v) is 24.7. The summed E-state index contributed by atoms with van der Waals surface area (Å²) in [6.45, 7) is 8.16. The minimum Gasteiger partial charge on any atom is -0.325 e. The van der Waals surface area contributed by atoms with E-state index in [1.807, 2.05) is 6.92 Å². The number of aryl methyl sites for hydroxylation is 3. The number of anilines is 1. The van der Waals surface area contributed by atoms with Gasteiger partial charge >= 0.3 is 6.18 Å². The van der Waals surface area contributed by atoms with E-state index in [0.29, 0.717) is 52.1 Å². The Morgan fingerprint density at radius 3 is 2.43 bits per heavy atom. The number of nitrogens with one attached hydrogen (secondary N) is 1. The Bertz CT molecular complexity index is 1850. The molecule has 11 nitrogen and oxygen atoms in total. The van der Waals surface area contributed by atoms with Crippen molar-refractivity contribution in [3.05, 3.63) is 59.1 Å². The number of piperidine rings is 1. The normalized spacial score (nSPS) is 21.0. The number of alkyl halides is 3. The van der Waals surface area contributed by atoms with Gasteiger partial charge in [-0.3, -0.25) is 24.0 Å². The summed E-state index contributed by atoms with van der Waals surface area (Å²) in [6, 6.07) is 2.69. The molecule has 0 radical (unpaired) electrons. The molecule has 1 saturated heterocycles. The zero-order valence-electron chi connectivity index (χ0n) is 24.7.